The van der Waals surface area contributed by atoms with Gasteiger partial charge < -0.3 is 15.5 Å². The number of halogens is 5. The van der Waals surface area contributed by atoms with Gasteiger partial charge in [0.05, 0.1) is 5.56 Å². The van der Waals surface area contributed by atoms with Crippen LogP contribution < -0.4 is 10.6 Å². The molecule has 0 aliphatic carbocycles. The van der Waals surface area contributed by atoms with E-state index in [1.807, 2.05) is 7.05 Å². The Hall–Kier alpha value is -1.10. The van der Waals surface area contributed by atoms with Crippen LogP contribution in [0.1, 0.15) is 24.0 Å². The molecule has 1 atom stereocenters. The standard InChI is InChI=1S/C16H22F4N4.HI/c1-21-15(23-10-13-4-3-7-24(13)2)22-9-11-5-6-12(17)8-14(11)16(18,19)20;/h5-6,8,13H,3-4,7,9-10H2,1-2H3,(H2,21,22,23);1H. The Kier molecular flexibility index (Phi) is 8.39. The smallest absolute Gasteiger partial charge is 0.355 e. The molecule has 0 bridgehead atoms. The highest BCUT2D eigenvalue weighted by atomic mass is 127. The highest BCUT2D eigenvalue weighted by Gasteiger charge is 2.33. The molecular weight excluding hydrogens is 451 g/mol. The quantitative estimate of drug-likeness (QED) is 0.305. The van der Waals surface area contributed by atoms with Crippen LogP contribution in [0.4, 0.5) is 17.6 Å². The summed E-state index contributed by atoms with van der Waals surface area (Å²) in [7, 11) is 3.60. The van der Waals surface area contributed by atoms with Crippen molar-refractivity contribution in [2.24, 2.45) is 4.99 Å². The molecule has 1 fully saturated rings. The van der Waals surface area contributed by atoms with Crippen molar-refractivity contribution in [2.45, 2.75) is 31.6 Å². The Balaban J connectivity index is 0.00000312. The molecule has 1 aromatic carbocycles. The molecule has 142 valence electrons. The fourth-order valence-electron chi connectivity index (χ4n) is 2.82. The number of rotatable bonds is 4. The SMILES string of the molecule is CN=C(NCc1ccc(F)cc1C(F)(F)F)NCC1CCCN1C.I. The van der Waals surface area contributed by atoms with E-state index in [9.17, 15) is 17.6 Å². The van der Waals surface area contributed by atoms with Crippen molar-refractivity contribution in [1.29, 1.82) is 0 Å². The van der Waals surface area contributed by atoms with E-state index < -0.39 is 17.6 Å². The van der Waals surface area contributed by atoms with Crippen molar-refractivity contribution < 1.29 is 17.6 Å². The average molecular weight is 474 g/mol. The zero-order chi connectivity index (χ0) is 17.7. The van der Waals surface area contributed by atoms with Crippen LogP contribution in [0.2, 0.25) is 0 Å². The molecule has 1 aromatic rings. The second kappa shape index (κ2) is 9.56. The maximum absolute atomic E-state index is 13.1. The number of hydrogen-bond acceptors (Lipinski definition) is 2. The van der Waals surface area contributed by atoms with E-state index in [-0.39, 0.29) is 36.1 Å². The second-order valence-corrected chi connectivity index (χ2v) is 5.88. The lowest BCUT2D eigenvalue weighted by Crippen LogP contribution is -2.43. The third-order valence-electron chi connectivity index (χ3n) is 4.22. The first-order valence-electron chi connectivity index (χ1n) is 7.81. The number of likely N-dealkylation sites (tertiary alicyclic amines) is 1. The van der Waals surface area contributed by atoms with E-state index in [0.29, 0.717) is 24.6 Å². The lowest BCUT2D eigenvalue weighted by molar-refractivity contribution is -0.138. The van der Waals surface area contributed by atoms with E-state index in [1.54, 1.807) is 7.05 Å². The predicted octanol–water partition coefficient (Wildman–Crippen LogP) is 3.22. The number of likely N-dealkylation sites (N-methyl/N-ethyl adjacent to an activating group) is 1. The summed E-state index contributed by atoms with van der Waals surface area (Å²) < 4.78 is 52.1. The number of alkyl halides is 3. The lowest BCUT2D eigenvalue weighted by atomic mass is 10.1. The van der Waals surface area contributed by atoms with Gasteiger partial charge in [0.1, 0.15) is 5.82 Å². The van der Waals surface area contributed by atoms with Crippen LogP contribution in [0.3, 0.4) is 0 Å². The van der Waals surface area contributed by atoms with Gasteiger partial charge in [-0.05, 0) is 44.1 Å². The summed E-state index contributed by atoms with van der Waals surface area (Å²) in [6, 6.07) is 3.07. The highest BCUT2D eigenvalue weighted by molar-refractivity contribution is 14.0. The van der Waals surface area contributed by atoms with Crippen molar-refractivity contribution in [3.63, 3.8) is 0 Å². The Bertz CT molecular complexity index is 592. The van der Waals surface area contributed by atoms with Crippen LogP contribution in [-0.2, 0) is 12.7 Å². The van der Waals surface area contributed by atoms with Gasteiger partial charge in [-0.1, -0.05) is 6.07 Å². The number of hydrogen-bond donors (Lipinski definition) is 2. The van der Waals surface area contributed by atoms with Gasteiger partial charge in [-0.3, -0.25) is 4.99 Å². The maximum atomic E-state index is 13.1. The maximum Gasteiger partial charge on any atom is 0.416 e. The molecule has 0 radical (unpaired) electrons. The van der Waals surface area contributed by atoms with Crippen molar-refractivity contribution >= 4 is 29.9 Å². The van der Waals surface area contributed by atoms with Crippen LogP contribution >= 0.6 is 24.0 Å². The van der Waals surface area contributed by atoms with Gasteiger partial charge in [-0.15, -0.1) is 24.0 Å². The highest BCUT2D eigenvalue weighted by Crippen LogP contribution is 2.32. The average Bonchev–Trinajstić information content (AvgIpc) is 2.93. The molecule has 2 rings (SSSR count). The molecule has 1 heterocycles. The fourth-order valence-corrected chi connectivity index (χ4v) is 2.82. The molecule has 1 aliphatic rings. The van der Waals surface area contributed by atoms with Crippen molar-refractivity contribution in [3.05, 3.63) is 35.1 Å². The van der Waals surface area contributed by atoms with E-state index in [1.165, 1.54) is 0 Å². The number of aliphatic imine (C=N–C) groups is 1. The molecular formula is C16H23F4IN4. The summed E-state index contributed by atoms with van der Waals surface area (Å²) >= 11 is 0. The number of nitrogens with one attached hydrogen (secondary N) is 2. The van der Waals surface area contributed by atoms with Gasteiger partial charge >= 0.3 is 6.18 Å². The minimum absolute atomic E-state index is 0. The van der Waals surface area contributed by atoms with Gasteiger partial charge in [-0.2, -0.15) is 13.2 Å². The zero-order valence-electron chi connectivity index (χ0n) is 14.2. The van der Waals surface area contributed by atoms with Gasteiger partial charge in [0, 0.05) is 26.2 Å². The molecule has 9 heteroatoms. The van der Waals surface area contributed by atoms with Gasteiger partial charge in [-0.25, -0.2) is 4.39 Å². The minimum atomic E-state index is -4.59. The molecule has 0 saturated carbocycles. The molecule has 0 amide bonds. The lowest BCUT2D eigenvalue weighted by Gasteiger charge is -2.21. The fraction of sp³-hybridized carbons (Fsp3) is 0.562. The first-order chi connectivity index (χ1) is 11.3. The van der Waals surface area contributed by atoms with E-state index in [4.69, 9.17) is 0 Å². The molecule has 0 spiro atoms. The molecule has 4 nitrogen and oxygen atoms in total. The summed E-state index contributed by atoms with van der Waals surface area (Å²) in [5.41, 5.74) is -0.995. The first-order valence-corrected chi connectivity index (χ1v) is 7.81. The van der Waals surface area contributed by atoms with Crippen LogP contribution in [0, 0.1) is 5.82 Å². The van der Waals surface area contributed by atoms with Crippen LogP contribution in [0.5, 0.6) is 0 Å². The van der Waals surface area contributed by atoms with Crippen LogP contribution in [-0.4, -0.2) is 44.1 Å². The largest absolute Gasteiger partial charge is 0.416 e. The third-order valence-corrected chi connectivity index (χ3v) is 4.22. The van der Waals surface area contributed by atoms with E-state index >= 15 is 0 Å². The van der Waals surface area contributed by atoms with Crippen LogP contribution in [0.15, 0.2) is 23.2 Å². The molecule has 2 N–H and O–H groups in total. The monoisotopic (exact) mass is 474 g/mol. The van der Waals surface area contributed by atoms with Crippen molar-refractivity contribution in [1.82, 2.24) is 15.5 Å². The summed E-state index contributed by atoms with van der Waals surface area (Å²) in [6.45, 7) is 1.63. The number of nitrogens with zero attached hydrogens (tertiary/aromatic N) is 2. The van der Waals surface area contributed by atoms with Gasteiger partial charge in [0.25, 0.3) is 0 Å². The number of guanidine groups is 1. The third kappa shape index (κ3) is 6.28. The molecule has 1 unspecified atom stereocenters. The first kappa shape index (κ1) is 21.9. The van der Waals surface area contributed by atoms with Crippen molar-refractivity contribution in [2.75, 3.05) is 27.2 Å². The Labute approximate surface area is 162 Å². The van der Waals surface area contributed by atoms with E-state index in [0.717, 1.165) is 31.5 Å². The molecule has 25 heavy (non-hydrogen) atoms. The van der Waals surface area contributed by atoms with Crippen LogP contribution in [0.25, 0.3) is 0 Å². The predicted molar refractivity (Wildman–Crippen MR) is 101 cm³/mol. The van der Waals surface area contributed by atoms with Gasteiger partial charge in [0.2, 0.25) is 0 Å². The normalized spacial score (nSPS) is 18.8. The summed E-state index contributed by atoms with van der Waals surface area (Å²) in [5, 5.41) is 5.98. The van der Waals surface area contributed by atoms with E-state index in [2.05, 4.69) is 20.5 Å². The second-order valence-electron chi connectivity index (χ2n) is 5.88. The summed E-state index contributed by atoms with van der Waals surface area (Å²) in [6.07, 6.45) is -2.38. The molecule has 0 aromatic heterocycles. The molecule has 1 aliphatic heterocycles. The summed E-state index contributed by atoms with van der Waals surface area (Å²) in [4.78, 5) is 6.26. The number of benzene rings is 1. The van der Waals surface area contributed by atoms with Gasteiger partial charge in [0.15, 0.2) is 5.96 Å². The Morgan fingerprint density at radius 2 is 2.04 bits per heavy atom. The zero-order valence-corrected chi connectivity index (χ0v) is 16.5. The Morgan fingerprint density at radius 3 is 2.60 bits per heavy atom. The topological polar surface area (TPSA) is 39.7 Å². The molecule has 1 saturated heterocycles. The Morgan fingerprint density at radius 1 is 1.32 bits per heavy atom. The van der Waals surface area contributed by atoms with Crippen molar-refractivity contribution in [3.8, 4) is 0 Å². The summed E-state index contributed by atoms with van der Waals surface area (Å²) in [5.74, 6) is -0.481. The minimum Gasteiger partial charge on any atom is -0.355 e.